The number of amides is 1. The molecule has 1 amide bonds. The van der Waals surface area contributed by atoms with E-state index < -0.39 is 12.5 Å². The number of hydrogen-bond acceptors (Lipinski definition) is 6. The molecular formula is C14H11N2O3S2Se-. The molecule has 2 heterocycles. The summed E-state index contributed by atoms with van der Waals surface area (Å²) in [6.07, 6.45) is 0. The van der Waals surface area contributed by atoms with Crippen LogP contribution in [0.2, 0.25) is 0 Å². The molecule has 3 rings (SSSR count). The van der Waals surface area contributed by atoms with Crippen LogP contribution in [0.1, 0.15) is 6.92 Å². The van der Waals surface area contributed by atoms with E-state index in [0.717, 1.165) is 22.2 Å². The molecule has 1 aromatic rings. The van der Waals surface area contributed by atoms with Crippen LogP contribution in [0, 0.1) is 0 Å². The van der Waals surface area contributed by atoms with E-state index in [1.165, 1.54) is 28.4 Å². The molecule has 2 aliphatic rings. The summed E-state index contributed by atoms with van der Waals surface area (Å²) in [7, 11) is 0. The fraction of sp³-hybridized carbons (Fsp3) is 0.214. The van der Waals surface area contributed by atoms with Gasteiger partial charge in [0.25, 0.3) is 0 Å². The van der Waals surface area contributed by atoms with Crippen molar-refractivity contribution in [2.75, 3.05) is 18.0 Å². The van der Waals surface area contributed by atoms with Crippen molar-refractivity contribution >= 4 is 60.5 Å². The van der Waals surface area contributed by atoms with Gasteiger partial charge in [-0.25, -0.2) is 0 Å². The van der Waals surface area contributed by atoms with E-state index in [2.05, 4.69) is 20.5 Å². The van der Waals surface area contributed by atoms with Crippen LogP contribution >= 0.6 is 23.5 Å². The van der Waals surface area contributed by atoms with E-state index in [1.54, 1.807) is 0 Å². The molecule has 0 spiro atoms. The Morgan fingerprint density at radius 3 is 2.68 bits per heavy atom. The number of rotatable bonds is 3. The van der Waals surface area contributed by atoms with Crippen molar-refractivity contribution in [1.29, 1.82) is 0 Å². The van der Waals surface area contributed by atoms with Gasteiger partial charge >= 0.3 is 144 Å². The van der Waals surface area contributed by atoms with Crippen LogP contribution in [-0.2, 0) is 9.59 Å². The monoisotopic (exact) mass is 399 g/mol. The van der Waals surface area contributed by atoms with Crippen LogP contribution in [0.5, 0.6) is 0 Å². The molecule has 0 radical (unpaired) electrons. The van der Waals surface area contributed by atoms with Crippen LogP contribution in [0.15, 0.2) is 39.1 Å². The first kappa shape index (κ1) is 15.7. The third-order valence-electron chi connectivity index (χ3n) is 3.25. The number of para-hydroxylation sites is 1. The topological polar surface area (TPSA) is 63.7 Å². The number of benzene rings is 1. The van der Waals surface area contributed by atoms with Gasteiger partial charge in [0, 0.05) is 0 Å². The van der Waals surface area contributed by atoms with Gasteiger partial charge in [-0.05, 0) is 0 Å². The normalized spacial score (nSPS) is 20.8. The molecule has 5 nitrogen and oxygen atoms in total. The zero-order valence-electron chi connectivity index (χ0n) is 11.6. The van der Waals surface area contributed by atoms with Crippen LogP contribution in [-0.4, -0.2) is 49.3 Å². The Kier molecular flexibility index (Phi) is 4.36. The summed E-state index contributed by atoms with van der Waals surface area (Å²) in [5.41, 5.74) is 1.07. The minimum absolute atomic E-state index is 0.295. The molecule has 0 bridgehead atoms. The Labute approximate surface area is 144 Å². The molecule has 1 aromatic carbocycles. The second-order valence-corrected chi connectivity index (χ2v) is 8.00. The molecule has 1 fully saturated rings. The predicted molar refractivity (Wildman–Crippen MR) is 87.4 cm³/mol. The first-order chi connectivity index (χ1) is 10.5. The second kappa shape index (κ2) is 6.12. The van der Waals surface area contributed by atoms with Gasteiger partial charge in [0.1, 0.15) is 0 Å². The van der Waals surface area contributed by atoms with Crippen molar-refractivity contribution in [2.45, 2.75) is 11.8 Å². The number of fused-ring (bicyclic) bond motifs is 1. The molecule has 114 valence electrons. The molecular weight excluding hydrogens is 387 g/mol. The van der Waals surface area contributed by atoms with Gasteiger partial charge in [-0.1, -0.05) is 0 Å². The van der Waals surface area contributed by atoms with Gasteiger partial charge in [-0.3, -0.25) is 0 Å². The van der Waals surface area contributed by atoms with Gasteiger partial charge in [0.2, 0.25) is 0 Å². The summed E-state index contributed by atoms with van der Waals surface area (Å²) >= 11 is 5.58. The second-order valence-electron chi connectivity index (χ2n) is 4.58. The zero-order valence-corrected chi connectivity index (χ0v) is 14.9. The van der Waals surface area contributed by atoms with E-state index in [-0.39, 0.29) is 5.91 Å². The van der Waals surface area contributed by atoms with Crippen LogP contribution in [0.3, 0.4) is 0 Å². The van der Waals surface area contributed by atoms with Gasteiger partial charge in [-0.15, -0.1) is 0 Å². The van der Waals surface area contributed by atoms with E-state index in [0.29, 0.717) is 8.78 Å². The molecule has 2 aliphatic heterocycles. The summed E-state index contributed by atoms with van der Waals surface area (Å²) < 4.78 is 0.546. The van der Waals surface area contributed by atoms with Crippen molar-refractivity contribution < 1.29 is 14.7 Å². The Morgan fingerprint density at radius 2 is 2.00 bits per heavy atom. The van der Waals surface area contributed by atoms with Crippen molar-refractivity contribution in [1.82, 2.24) is 4.90 Å². The van der Waals surface area contributed by atoms with Crippen LogP contribution in [0.4, 0.5) is 5.69 Å². The van der Waals surface area contributed by atoms with Crippen molar-refractivity contribution in [3.63, 3.8) is 0 Å². The number of aliphatic carboxylic acids is 1. The summed E-state index contributed by atoms with van der Waals surface area (Å²) in [6, 6.07) is 7.96. The fourth-order valence-corrected chi connectivity index (χ4v) is 5.38. The summed E-state index contributed by atoms with van der Waals surface area (Å²) in [6.45, 7) is 2.32. The first-order valence-corrected chi connectivity index (χ1v) is 9.04. The number of carboxylic acids is 1. The van der Waals surface area contributed by atoms with Crippen LogP contribution < -0.4 is 10.0 Å². The van der Waals surface area contributed by atoms with Gasteiger partial charge in [0.05, 0.1) is 0 Å². The fourth-order valence-electron chi connectivity index (χ4n) is 2.31. The average molecular weight is 398 g/mol. The van der Waals surface area contributed by atoms with E-state index in [9.17, 15) is 14.7 Å². The molecule has 0 unspecified atom stereocenters. The predicted octanol–water partition coefficient (Wildman–Crippen LogP) is 0.369. The van der Waals surface area contributed by atoms with Crippen molar-refractivity contribution in [3.05, 3.63) is 34.2 Å². The third-order valence-corrected chi connectivity index (χ3v) is 6.52. The number of carbonyl (C=O) groups is 2. The number of anilines is 1. The van der Waals surface area contributed by atoms with Gasteiger partial charge in [-0.2, -0.15) is 0 Å². The number of carboxylic acid groups (broad SMARTS) is 1. The molecule has 0 saturated carbocycles. The summed E-state index contributed by atoms with van der Waals surface area (Å²) in [5, 5.41) is 11.7. The Hall–Kier alpha value is -1.21. The van der Waals surface area contributed by atoms with E-state index >= 15 is 0 Å². The Bertz CT molecular complexity index is 720. The van der Waals surface area contributed by atoms with Crippen molar-refractivity contribution in [2.24, 2.45) is 0 Å². The van der Waals surface area contributed by atoms with Gasteiger partial charge in [0.15, 0.2) is 0 Å². The molecule has 0 aliphatic carbocycles. The Balaban J connectivity index is 2.00. The van der Waals surface area contributed by atoms with Gasteiger partial charge < -0.3 is 0 Å². The molecule has 0 aromatic heterocycles. The number of carbonyl (C=O) groups excluding carboxylic acids is 2. The van der Waals surface area contributed by atoms with E-state index in [4.69, 9.17) is 0 Å². The Morgan fingerprint density at radius 1 is 1.27 bits per heavy atom. The summed E-state index contributed by atoms with van der Waals surface area (Å²) in [5.74, 6) is -1.57. The molecule has 0 N–H and O–H groups in total. The quantitative estimate of drug-likeness (QED) is 0.542. The molecule has 0 atom stereocenters. The minimum atomic E-state index is -1.28. The first-order valence-electron chi connectivity index (χ1n) is 6.55. The molecule has 1 saturated heterocycles. The maximum atomic E-state index is 12.5. The SMILES string of the molecule is CCN1/C(=C2\SC(=[Se])N(CC(=O)[O-])C2=O)Sc2ccccc21. The maximum absolute atomic E-state index is 12.5. The molecule has 22 heavy (non-hydrogen) atoms. The average Bonchev–Trinajstić information content (AvgIpc) is 2.98. The summed E-state index contributed by atoms with van der Waals surface area (Å²) in [4.78, 5) is 28.3. The van der Waals surface area contributed by atoms with Crippen molar-refractivity contribution in [3.8, 4) is 0 Å². The zero-order chi connectivity index (χ0) is 15.9. The standard InChI is InChI=1S/C14H12N2O3S2Se/c1-2-15-8-5-3-4-6-9(8)20-13(15)11-12(19)16(7-10(17)18)14(22)21-11/h3-6H,2,7H2,1H3,(H,17,18)/p-1/b13-11+. The van der Waals surface area contributed by atoms with E-state index in [1.807, 2.05) is 31.2 Å². The number of thioether (sulfide) groups is 2. The molecule has 8 heteroatoms. The third kappa shape index (κ3) is 2.60. The van der Waals surface area contributed by atoms with Crippen LogP contribution in [0.25, 0.3) is 0 Å². The number of hydrogen-bond donors (Lipinski definition) is 0. The number of nitrogens with zero attached hydrogens (tertiary/aromatic N) is 2.